The Kier molecular flexibility index (Phi) is 10.2. The highest BCUT2D eigenvalue weighted by atomic mass is 35.5. The number of alkyl halides is 1. The lowest BCUT2D eigenvalue weighted by Crippen LogP contribution is -2.38. The van der Waals surface area contributed by atoms with Gasteiger partial charge in [0.15, 0.2) is 5.79 Å². The second-order valence-electron chi connectivity index (χ2n) is 7.84. The average Bonchev–Trinajstić information content (AvgIpc) is 3.33. The van der Waals surface area contributed by atoms with Crippen LogP contribution in [0.2, 0.25) is 0 Å². The molecule has 3 heterocycles. The van der Waals surface area contributed by atoms with E-state index in [1.54, 1.807) is 36.9 Å². The van der Waals surface area contributed by atoms with Gasteiger partial charge in [-0.1, -0.05) is 0 Å². The molecule has 5 rings (SSSR count). The van der Waals surface area contributed by atoms with Gasteiger partial charge in [0, 0.05) is 56.9 Å². The Balaban J connectivity index is 0.000000176. The molecular formula is C23H31ClN4O5. The summed E-state index contributed by atoms with van der Waals surface area (Å²) >= 11 is 4.64. The highest BCUT2D eigenvalue weighted by Crippen LogP contribution is 2.36. The number of carbonyl (C=O) groups is 1. The lowest BCUT2D eigenvalue weighted by molar-refractivity contribution is -0.186. The minimum Gasteiger partial charge on any atom is -0.460 e. The molecule has 0 bridgehead atoms. The van der Waals surface area contributed by atoms with Gasteiger partial charge in [-0.3, -0.25) is 4.79 Å². The molecule has 0 amide bonds. The largest absolute Gasteiger partial charge is 0.460 e. The highest BCUT2D eigenvalue weighted by molar-refractivity contribution is 6.15. The molecule has 1 spiro atoms. The summed E-state index contributed by atoms with van der Waals surface area (Å²) in [7, 11) is 0. The Hall–Kier alpha value is -2.36. The van der Waals surface area contributed by atoms with Crippen molar-refractivity contribution in [2.45, 2.75) is 69.4 Å². The number of nitrogens with zero attached hydrogens (tertiary/aromatic N) is 4. The molecule has 33 heavy (non-hydrogen) atoms. The zero-order valence-electron chi connectivity index (χ0n) is 18.9. The smallest absolute Gasteiger partial charge is 0.316 e. The monoisotopic (exact) mass is 478 g/mol. The van der Waals surface area contributed by atoms with Crippen LogP contribution in [-0.2, 0) is 14.3 Å². The van der Waals surface area contributed by atoms with E-state index in [0.717, 1.165) is 38.5 Å². The van der Waals surface area contributed by atoms with Gasteiger partial charge in [0.25, 0.3) is 0 Å². The molecule has 2 aromatic rings. The van der Waals surface area contributed by atoms with Gasteiger partial charge < -0.3 is 18.9 Å². The van der Waals surface area contributed by atoms with Crippen molar-refractivity contribution in [1.29, 1.82) is 0 Å². The number of rotatable bonds is 4. The van der Waals surface area contributed by atoms with Crippen LogP contribution in [0.4, 0.5) is 0 Å². The van der Waals surface area contributed by atoms with E-state index >= 15 is 0 Å². The number of ketones is 1. The topological polar surface area (TPSA) is 106 Å². The van der Waals surface area contributed by atoms with E-state index in [9.17, 15) is 4.79 Å². The van der Waals surface area contributed by atoms with Crippen LogP contribution in [0.25, 0.3) is 0 Å². The van der Waals surface area contributed by atoms with E-state index in [0.29, 0.717) is 43.9 Å². The van der Waals surface area contributed by atoms with E-state index in [4.69, 9.17) is 18.9 Å². The van der Waals surface area contributed by atoms with E-state index < -0.39 is 0 Å². The van der Waals surface area contributed by atoms with E-state index in [-0.39, 0.29) is 18.0 Å². The molecule has 0 N–H and O–H groups in total. The fraction of sp³-hybridized carbons (Fsp3) is 0.609. The van der Waals surface area contributed by atoms with E-state index in [2.05, 4.69) is 31.5 Å². The molecule has 1 aliphatic heterocycles. The first-order valence-corrected chi connectivity index (χ1v) is 12.0. The summed E-state index contributed by atoms with van der Waals surface area (Å²) in [6.07, 6.45) is 14.9. The van der Waals surface area contributed by atoms with Crippen molar-refractivity contribution in [3.8, 4) is 12.0 Å². The first-order chi connectivity index (χ1) is 16.2. The number of hydrogen-bond donors (Lipinski definition) is 0. The van der Waals surface area contributed by atoms with Crippen molar-refractivity contribution in [2.24, 2.45) is 0 Å². The average molecular weight is 479 g/mol. The molecule has 10 heteroatoms. The summed E-state index contributed by atoms with van der Waals surface area (Å²) < 4.78 is 22.6. The van der Waals surface area contributed by atoms with Crippen molar-refractivity contribution in [1.82, 2.24) is 19.9 Å². The van der Waals surface area contributed by atoms with Crippen LogP contribution >= 0.6 is 11.6 Å². The number of ether oxygens (including phenoxy) is 4. The zero-order valence-corrected chi connectivity index (χ0v) is 19.7. The van der Waals surface area contributed by atoms with Gasteiger partial charge in [-0.25, -0.2) is 19.9 Å². The van der Waals surface area contributed by atoms with Crippen LogP contribution < -0.4 is 9.47 Å². The van der Waals surface area contributed by atoms with Gasteiger partial charge in [0.05, 0.1) is 13.2 Å². The molecule has 2 saturated carbocycles. The molecule has 0 aromatic carbocycles. The van der Waals surface area contributed by atoms with Gasteiger partial charge >= 0.3 is 12.0 Å². The van der Waals surface area contributed by atoms with Crippen LogP contribution in [0.15, 0.2) is 36.9 Å². The summed E-state index contributed by atoms with van der Waals surface area (Å²) in [6, 6.07) is 4.40. The van der Waals surface area contributed by atoms with Crippen LogP contribution in [0.1, 0.15) is 51.4 Å². The van der Waals surface area contributed by atoms with Crippen LogP contribution in [0.5, 0.6) is 12.0 Å². The third-order valence-corrected chi connectivity index (χ3v) is 5.63. The van der Waals surface area contributed by atoms with E-state index in [1.165, 1.54) is 6.38 Å². The molecule has 2 aliphatic carbocycles. The molecular weight excluding hydrogens is 448 g/mol. The van der Waals surface area contributed by atoms with Crippen molar-refractivity contribution >= 4 is 17.4 Å². The minimum atomic E-state index is -0.322. The third kappa shape index (κ3) is 8.17. The summed E-state index contributed by atoms with van der Waals surface area (Å²) in [6.45, 7) is 1.43. The number of halogens is 1. The Bertz CT molecular complexity index is 804. The number of carbonyl (C=O) groups excluding carboxylic acids is 1. The number of hydrogen-bond acceptors (Lipinski definition) is 9. The third-order valence-electron chi connectivity index (χ3n) is 5.63. The highest BCUT2D eigenvalue weighted by Gasteiger charge is 2.41. The SMILES string of the molecule is CCl.O=C1CCC(Oc2ncccn2)CC1.c1cnc(OC2CCC3(CC2)OCCO3)nc1. The minimum absolute atomic E-state index is 0.107. The fourth-order valence-electron chi connectivity index (χ4n) is 3.96. The molecule has 2 aromatic heterocycles. The maximum absolute atomic E-state index is 11.0. The maximum Gasteiger partial charge on any atom is 0.316 e. The van der Waals surface area contributed by atoms with Crippen LogP contribution in [0, 0.1) is 0 Å². The first kappa shape index (κ1) is 25.3. The van der Waals surface area contributed by atoms with Crippen LogP contribution in [0.3, 0.4) is 0 Å². The summed E-state index contributed by atoms with van der Waals surface area (Å²) in [5.74, 6) is 0.0102. The van der Waals surface area contributed by atoms with Crippen molar-refractivity contribution in [2.75, 3.05) is 19.6 Å². The van der Waals surface area contributed by atoms with Crippen molar-refractivity contribution < 1.29 is 23.7 Å². The molecule has 1 saturated heterocycles. The van der Waals surface area contributed by atoms with Crippen molar-refractivity contribution in [3.63, 3.8) is 0 Å². The van der Waals surface area contributed by atoms with E-state index in [1.807, 2.05) is 0 Å². The van der Waals surface area contributed by atoms with Gasteiger partial charge in [0.2, 0.25) is 0 Å². The molecule has 3 fully saturated rings. The molecule has 0 radical (unpaired) electrons. The van der Waals surface area contributed by atoms with Crippen LogP contribution in [-0.4, -0.2) is 63.3 Å². The summed E-state index contributed by atoms with van der Waals surface area (Å²) in [4.78, 5) is 27.1. The molecule has 180 valence electrons. The Labute approximate surface area is 199 Å². The predicted molar refractivity (Wildman–Crippen MR) is 121 cm³/mol. The van der Waals surface area contributed by atoms with Gasteiger partial charge in [-0.2, -0.15) is 0 Å². The Morgan fingerprint density at radius 3 is 1.67 bits per heavy atom. The summed E-state index contributed by atoms with van der Waals surface area (Å²) in [5.41, 5.74) is 0. The standard InChI is InChI=1S/C12H16N2O3.C10H12N2O2.CH3Cl/c1-6-13-11(14-7-1)17-10-2-4-12(5-3-10)15-8-9-16-12;13-8-2-4-9(5-3-8)14-10-11-6-1-7-12-10;1-2/h1,6-7,10H,2-5,8-9H2;1,6-7,9H,2-5H2;1H3. The number of aromatic nitrogens is 4. The Morgan fingerprint density at radius 2 is 1.21 bits per heavy atom. The predicted octanol–water partition coefficient (Wildman–Crippen LogP) is 3.76. The zero-order chi connectivity index (χ0) is 23.4. The molecule has 0 unspecified atom stereocenters. The summed E-state index contributed by atoms with van der Waals surface area (Å²) in [5, 5.41) is 0. The van der Waals surface area contributed by atoms with Crippen molar-refractivity contribution in [3.05, 3.63) is 36.9 Å². The fourth-order valence-corrected chi connectivity index (χ4v) is 3.96. The van der Waals surface area contributed by atoms with Gasteiger partial charge in [-0.15, -0.1) is 11.6 Å². The Morgan fingerprint density at radius 1 is 0.788 bits per heavy atom. The normalized spacial score (nSPS) is 20.2. The number of Topliss-reactive ketones (excluding diaryl/α,β-unsaturated/α-hetero) is 1. The second kappa shape index (κ2) is 13.4. The quantitative estimate of drug-likeness (QED) is 0.607. The molecule has 3 aliphatic rings. The van der Waals surface area contributed by atoms with Gasteiger partial charge in [0.1, 0.15) is 18.0 Å². The molecule has 0 atom stereocenters. The molecule has 9 nitrogen and oxygen atoms in total. The van der Waals surface area contributed by atoms with Gasteiger partial charge in [-0.05, 0) is 37.8 Å². The maximum atomic E-state index is 11.0. The lowest BCUT2D eigenvalue weighted by Gasteiger charge is -2.34. The second-order valence-corrected chi connectivity index (χ2v) is 7.84. The lowest BCUT2D eigenvalue weighted by atomic mass is 9.92. The first-order valence-electron chi connectivity index (χ1n) is 11.3.